The molecule has 0 spiro atoms. The Hall–Kier alpha value is -2.90. The molecule has 4 heterocycles. The van der Waals surface area contributed by atoms with E-state index in [0.29, 0.717) is 55.6 Å². The van der Waals surface area contributed by atoms with Gasteiger partial charge in [0, 0.05) is 45.2 Å². The lowest BCUT2D eigenvalue weighted by atomic mass is 9.85. The maximum Gasteiger partial charge on any atom is 0.257 e. The molecule has 2 bridgehead atoms. The highest BCUT2D eigenvalue weighted by molar-refractivity contribution is 5.97. The third-order valence-corrected chi connectivity index (χ3v) is 9.01. The Labute approximate surface area is 225 Å². The van der Waals surface area contributed by atoms with E-state index in [0.717, 1.165) is 57.2 Å². The fourth-order valence-electron chi connectivity index (χ4n) is 7.33. The lowest BCUT2D eigenvalue weighted by molar-refractivity contribution is -0.133. The molecule has 0 radical (unpaired) electrons. The molecule has 7 heteroatoms. The van der Waals surface area contributed by atoms with Crippen molar-refractivity contribution in [1.29, 1.82) is 0 Å². The van der Waals surface area contributed by atoms with Gasteiger partial charge in [-0.3, -0.25) is 14.5 Å². The predicted molar refractivity (Wildman–Crippen MR) is 145 cm³/mol. The van der Waals surface area contributed by atoms with E-state index < -0.39 is 6.10 Å². The van der Waals surface area contributed by atoms with Gasteiger partial charge in [-0.25, -0.2) is 0 Å². The molecule has 2 aromatic carbocycles. The number of hydrogen-bond acceptors (Lipinski definition) is 5. The summed E-state index contributed by atoms with van der Waals surface area (Å²) in [6.45, 7) is 5.19. The number of hydrogen-bond donors (Lipinski definition) is 1. The van der Waals surface area contributed by atoms with Crippen molar-refractivity contribution in [3.05, 3.63) is 64.7 Å². The van der Waals surface area contributed by atoms with Crippen LogP contribution in [-0.2, 0) is 24.2 Å². The lowest BCUT2D eigenvalue weighted by Gasteiger charge is -2.38. The van der Waals surface area contributed by atoms with Crippen LogP contribution in [0.15, 0.2) is 42.5 Å². The van der Waals surface area contributed by atoms with Crippen LogP contribution in [-0.4, -0.2) is 82.6 Å². The van der Waals surface area contributed by atoms with E-state index in [1.165, 1.54) is 11.1 Å². The van der Waals surface area contributed by atoms with Gasteiger partial charge >= 0.3 is 0 Å². The van der Waals surface area contributed by atoms with Crippen molar-refractivity contribution in [2.45, 2.75) is 70.2 Å². The topological polar surface area (TPSA) is 73.3 Å². The van der Waals surface area contributed by atoms with Crippen molar-refractivity contribution in [3.8, 4) is 5.75 Å². The lowest BCUT2D eigenvalue weighted by Crippen LogP contribution is -2.45. The van der Waals surface area contributed by atoms with Gasteiger partial charge in [-0.05, 0) is 73.3 Å². The van der Waals surface area contributed by atoms with Crippen LogP contribution < -0.4 is 4.74 Å². The Kier molecular flexibility index (Phi) is 7.14. The zero-order chi connectivity index (χ0) is 26.2. The number of piperidine rings is 1. The van der Waals surface area contributed by atoms with Crippen LogP contribution in [0.4, 0.5) is 0 Å². The van der Waals surface area contributed by atoms with Crippen LogP contribution in [0.3, 0.4) is 0 Å². The summed E-state index contributed by atoms with van der Waals surface area (Å²) in [4.78, 5) is 31.8. The summed E-state index contributed by atoms with van der Waals surface area (Å²) in [5.74, 6) is 1.30. The van der Waals surface area contributed by atoms with Crippen molar-refractivity contribution in [1.82, 2.24) is 14.7 Å². The second-order valence-electron chi connectivity index (χ2n) is 11.7. The Morgan fingerprint density at radius 3 is 2.58 bits per heavy atom. The van der Waals surface area contributed by atoms with Gasteiger partial charge in [0.25, 0.3) is 5.91 Å². The summed E-state index contributed by atoms with van der Waals surface area (Å²) in [5, 5.41) is 10.9. The normalized spacial score (nSPS) is 25.8. The molecule has 6 rings (SSSR count). The largest absolute Gasteiger partial charge is 0.491 e. The number of rotatable bonds is 6. The number of fused-ring (bicyclic) bond motifs is 4. The van der Waals surface area contributed by atoms with Crippen molar-refractivity contribution >= 4 is 11.8 Å². The molecular formula is C31H39N3O4. The standard InChI is InChI=1S/C31H39N3O4/c1-21(35)34-26-7-8-27(34)16-23(15-26)14-22-6-9-30-29(17-22)31(37)33(12-13-38-30)20-28(36)19-32-11-10-24-4-2-3-5-25(24)18-32/h2-6,9,17,23,26-28,36H,7-8,10-16,18-20H2,1H3. The molecule has 2 aromatic rings. The van der Waals surface area contributed by atoms with Gasteiger partial charge in [-0.1, -0.05) is 30.3 Å². The van der Waals surface area contributed by atoms with E-state index in [9.17, 15) is 14.7 Å². The summed E-state index contributed by atoms with van der Waals surface area (Å²) in [7, 11) is 0. The minimum absolute atomic E-state index is 0.0612. The number of nitrogens with zero attached hydrogens (tertiary/aromatic N) is 3. The van der Waals surface area contributed by atoms with E-state index in [-0.39, 0.29) is 11.8 Å². The van der Waals surface area contributed by atoms with E-state index in [1.54, 1.807) is 11.8 Å². The number of aliphatic hydroxyl groups excluding tert-OH is 1. The Morgan fingerprint density at radius 2 is 1.82 bits per heavy atom. The van der Waals surface area contributed by atoms with E-state index in [1.807, 2.05) is 12.1 Å². The van der Waals surface area contributed by atoms with Crippen LogP contribution in [0.1, 0.15) is 59.7 Å². The first-order chi connectivity index (χ1) is 18.4. The highest BCUT2D eigenvalue weighted by Gasteiger charge is 2.41. The summed E-state index contributed by atoms with van der Waals surface area (Å²) >= 11 is 0. The number of benzene rings is 2. The molecule has 2 saturated heterocycles. The summed E-state index contributed by atoms with van der Waals surface area (Å²) in [6.07, 6.45) is 5.59. The Morgan fingerprint density at radius 1 is 1.05 bits per heavy atom. The molecule has 2 fully saturated rings. The predicted octanol–water partition coefficient (Wildman–Crippen LogP) is 3.27. The fourth-order valence-corrected chi connectivity index (χ4v) is 7.33. The van der Waals surface area contributed by atoms with Gasteiger partial charge < -0.3 is 19.6 Å². The molecule has 0 saturated carbocycles. The zero-order valence-electron chi connectivity index (χ0n) is 22.3. The molecule has 0 aromatic heterocycles. The van der Waals surface area contributed by atoms with E-state index in [4.69, 9.17) is 4.74 Å². The Balaban J connectivity index is 1.09. The number of carbonyl (C=O) groups excluding carboxylic acids is 2. The third kappa shape index (κ3) is 5.19. The highest BCUT2D eigenvalue weighted by Crippen LogP contribution is 2.40. The molecule has 1 N–H and O–H groups in total. The second kappa shape index (κ2) is 10.7. The zero-order valence-corrected chi connectivity index (χ0v) is 22.3. The molecule has 3 unspecified atom stereocenters. The SMILES string of the molecule is CC(=O)N1C2CCC1CC(Cc1ccc3c(c1)C(=O)N(CC(O)CN1CCc4ccccc4C1)CCO3)C2. The third-order valence-electron chi connectivity index (χ3n) is 9.01. The molecule has 0 aliphatic carbocycles. The molecule has 3 atom stereocenters. The minimum atomic E-state index is -0.615. The summed E-state index contributed by atoms with van der Waals surface area (Å²) in [6, 6.07) is 15.3. The first kappa shape index (κ1) is 25.4. The van der Waals surface area contributed by atoms with Gasteiger partial charge in [-0.15, -0.1) is 0 Å². The minimum Gasteiger partial charge on any atom is -0.491 e. The van der Waals surface area contributed by atoms with Crippen LogP contribution in [0.2, 0.25) is 0 Å². The molecule has 4 aliphatic heterocycles. The molecular weight excluding hydrogens is 478 g/mol. The van der Waals surface area contributed by atoms with Gasteiger partial charge in [0.05, 0.1) is 18.2 Å². The second-order valence-corrected chi connectivity index (χ2v) is 11.7. The molecule has 2 amide bonds. The summed E-state index contributed by atoms with van der Waals surface area (Å²) < 4.78 is 5.95. The van der Waals surface area contributed by atoms with Crippen LogP contribution in [0.25, 0.3) is 0 Å². The van der Waals surface area contributed by atoms with Crippen molar-refractivity contribution in [3.63, 3.8) is 0 Å². The maximum atomic E-state index is 13.6. The molecule has 7 nitrogen and oxygen atoms in total. The van der Waals surface area contributed by atoms with Crippen LogP contribution >= 0.6 is 0 Å². The highest BCUT2D eigenvalue weighted by atomic mass is 16.5. The van der Waals surface area contributed by atoms with Crippen molar-refractivity contribution < 1.29 is 19.4 Å². The quantitative estimate of drug-likeness (QED) is 0.637. The summed E-state index contributed by atoms with van der Waals surface area (Å²) in [5.41, 5.74) is 4.47. The molecule has 38 heavy (non-hydrogen) atoms. The van der Waals surface area contributed by atoms with Gasteiger partial charge in [0.2, 0.25) is 5.91 Å². The average molecular weight is 518 g/mol. The van der Waals surface area contributed by atoms with Gasteiger partial charge in [0.15, 0.2) is 0 Å². The maximum absolute atomic E-state index is 13.6. The van der Waals surface area contributed by atoms with Gasteiger partial charge in [-0.2, -0.15) is 0 Å². The van der Waals surface area contributed by atoms with Gasteiger partial charge in [0.1, 0.15) is 12.4 Å². The number of amides is 2. The van der Waals surface area contributed by atoms with Crippen molar-refractivity contribution in [2.24, 2.45) is 5.92 Å². The van der Waals surface area contributed by atoms with Crippen LogP contribution in [0, 0.1) is 5.92 Å². The average Bonchev–Trinajstić information content (AvgIpc) is 3.09. The Bertz CT molecular complexity index is 1190. The van der Waals surface area contributed by atoms with E-state index in [2.05, 4.69) is 40.1 Å². The smallest absolute Gasteiger partial charge is 0.257 e. The first-order valence-corrected chi connectivity index (χ1v) is 14.3. The fraction of sp³-hybridized carbons (Fsp3) is 0.548. The van der Waals surface area contributed by atoms with E-state index >= 15 is 0 Å². The monoisotopic (exact) mass is 517 g/mol. The number of ether oxygens (including phenoxy) is 1. The molecule has 202 valence electrons. The number of carbonyl (C=O) groups is 2. The number of β-amino-alcohol motifs (C(OH)–C–C–N with tert-alkyl or cyclic N) is 1. The van der Waals surface area contributed by atoms with Crippen molar-refractivity contribution in [2.75, 3.05) is 32.8 Å². The number of aliphatic hydroxyl groups is 1. The molecule has 4 aliphatic rings. The van der Waals surface area contributed by atoms with Crippen LogP contribution in [0.5, 0.6) is 5.75 Å². The first-order valence-electron chi connectivity index (χ1n) is 14.3.